The fourth-order valence-corrected chi connectivity index (χ4v) is 3.33. The summed E-state index contributed by atoms with van der Waals surface area (Å²) in [5.41, 5.74) is 3.46. The summed E-state index contributed by atoms with van der Waals surface area (Å²) in [4.78, 5) is 12.3. The molecular weight excluding hydrogens is 359 g/mol. The van der Waals surface area contributed by atoms with Crippen LogP contribution in [0, 0.1) is 16.7 Å². The highest BCUT2D eigenvalue weighted by Gasteiger charge is 2.14. The van der Waals surface area contributed by atoms with E-state index in [4.69, 9.17) is 4.74 Å². The number of ketones is 1. The fraction of sp³-hybridized carbons (Fsp3) is 0.214. The first kappa shape index (κ1) is 13.5. The third-order valence-electron chi connectivity index (χ3n) is 2.76. The quantitative estimate of drug-likeness (QED) is 0.596. The molecule has 18 heavy (non-hydrogen) atoms. The van der Waals surface area contributed by atoms with Gasteiger partial charge in [-0.15, -0.1) is 11.3 Å². The van der Waals surface area contributed by atoms with Crippen LogP contribution < -0.4 is 4.74 Å². The van der Waals surface area contributed by atoms with Crippen LogP contribution in [0.3, 0.4) is 0 Å². The van der Waals surface area contributed by atoms with Crippen LogP contribution in [0.25, 0.3) is 0 Å². The lowest BCUT2D eigenvalue weighted by Gasteiger charge is -2.10. The highest BCUT2D eigenvalue weighted by molar-refractivity contribution is 14.1. The molecule has 0 atom stereocenters. The van der Waals surface area contributed by atoms with Gasteiger partial charge in [0.1, 0.15) is 5.75 Å². The summed E-state index contributed by atoms with van der Waals surface area (Å²) in [7, 11) is 1.65. The molecule has 94 valence electrons. The first-order chi connectivity index (χ1) is 8.52. The molecule has 0 radical (unpaired) electrons. The normalized spacial score (nSPS) is 10.4. The lowest BCUT2D eigenvalue weighted by Crippen LogP contribution is -2.02. The molecule has 0 amide bonds. The number of halogens is 1. The van der Waals surface area contributed by atoms with E-state index in [1.54, 1.807) is 18.4 Å². The number of aryl methyl sites for hydroxylation is 2. The summed E-state index contributed by atoms with van der Waals surface area (Å²) >= 11 is 3.81. The third-order valence-corrected chi connectivity index (χ3v) is 4.55. The van der Waals surface area contributed by atoms with E-state index in [0.29, 0.717) is 0 Å². The molecule has 1 aromatic heterocycles. The predicted molar refractivity (Wildman–Crippen MR) is 82.9 cm³/mol. The van der Waals surface area contributed by atoms with E-state index in [0.717, 1.165) is 30.9 Å². The molecule has 0 unspecified atom stereocenters. The maximum atomic E-state index is 12.3. The van der Waals surface area contributed by atoms with Gasteiger partial charge in [0.15, 0.2) is 5.78 Å². The number of hydrogen-bond donors (Lipinski definition) is 0. The van der Waals surface area contributed by atoms with Crippen LogP contribution >= 0.6 is 33.9 Å². The van der Waals surface area contributed by atoms with Crippen molar-refractivity contribution in [2.24, 2.45) is 0 Å². The molecule has 2 rings (SSSR count). The van der Waals surface area contributed by atoms with Crippen LogP contribution in [0.4, 0.5) is 0 Å². The Bertz CT molecular complexity index is 579. The summed E-state index contributed by atoms with van der Waals surface area (Å²) in [5, 5.41) is 1.90. The van der Waals surface area contributed by atoms with E-state index in [1.807, 2.05) is 37.4 Å². The van der Waals surface area contributed by atoms with Crippen molar-refractivity contribution >= 4 is 39.7 Å². The maximum absolute atomic E-state index is 12.3. The Morgan fingerprint density at radius 3 is 2.22 bits per heavy atom. The van der Waals surface area contributed by atoms with Crippen LogP contribution in [0.2, 0.25) is 0 Å². The van der Waals surface area contributed by atoms with Gasteiger partial charge in [0.2, 0.25) is 0 Å². The molecule has 2 aromatic rings. The van der Waals surface area contributed by atoms with Gasteiger partial charge < -0.3 is 4.74 Å². The van der Waals surface area contributed by atoms with Crippen LogP contribution in [-0.2, 0) is 0 Å². The summed E-state index contributed by atoms with van der Waals surface area (Å²) in [6.07, 6.45) is 0. The molecule has 0 saturated heterocycles. The minimum absolute atomic E-state index is 0.0722. The molecule has 0 bridgehead atoms. The molecule has 0 fully saturated rings. The summed E-state index contributed by atoms with van der Waals surface area (Å²) in [5.74, 6) is 0.925. The summed E-state index contributed by atoms with van der Waals surface area (Å²) in [6.45, 7) is 3.92. The van der Waals surface area contributed by atoms with E-state index in [-0.39, 0.29) is 5.78 Å². The minimum atomic E-state index is 0.0722. The smallest absolute Gasteiger partial charge is 0.193 e. The minimum Gasteiger partial charge on any atom is -0.496 e. The SMILES string of the molecule is COc1c(C)cc(C(=O)c2csc(I)c2)cc1C. The number of benzene rings is 1. The molecule has 4 heteroatoms. The molecule has 0 aliphatic heterocycles. The Hall–Kier alpha value is -0.880. The van der Waals surface area contributed by atoms with E-state index in [2.05, 4.69) is 22.6 Å². The zero-order valence-electron chi connectivity index (χ0n) is 10.4. The Morgan fingerprint density at radius 1 is 1.17 bits per heavy atom. The van der Waals surface area contributed by atoms with Crippen molar-refractivity contribution in [3.8, 4) is 5.75 Å². The standard InChI is InChI=1S/C14H13IO2S/c1-8-4-10(5-9(2)14(8)17-3)13(16)11-6-12(15)18-7-11/h4-7H,1-3H3. The average Bonchev–Trinajstić information content (AvgIpc) is 2.74. The van der Waals surface area contributed by atoms with Crippen molar-refractivity contribution < 1.29 is 9.53 Å². The number of hydrogen-bond acceptors (Lipinski definition) is 3. The Kier molecular flexibility index (Phi) is 4.07. The fourth-order valence-electron chi connectivity index (χ4n) is 2.00. The van der Waals surface area contributed by atoms with Gasteiger partial charge in [-0.3, -0.25) is 4.79 Å². The number of methoxy groups -OCH3 is 1. The van der Waals surface area contributed by atoms with Gasteiger partial charge in [0.05, 0.1) is 9.99 Å². The maximum Gasteiger partial charge on any atom is 0.193 e. The van der Waals surface area contributed by atoms with Crippen molar-refractivity contribution in [2.45, 2.75) is 13.8 Å². The lowest BCUT2D eigenvalue weighted by molar-refractivity contribution is 0.103. The zero-order valence-corrected chi connectivity index (χ0v) is 13.4. The van der Waals surface area contributed by atoms with Crippen molar-refractivity contribution in [1.29, 1.82) is 0 Å². The Labute approximate surface area is 124 Å². The van der Waals surface area contributed by atoms with Crippen molar-refractivity contribution in [1.82, 2.24) is 0 Å². The predicted octanol–water partition coefficient (Wildman–Crippen LogP) is 4.21. The topological polar surface area (TPSA) is 26.3 Å². The molecular formula is C14H13IO2S. The molecule has 2 nitrogen and oxygen atoms in total. The second kappa shape index (κ2) is 5.40. The second-order valence-electron chi connectivity index (χ2n) is 4.11. The van der Waals surface area contributed by atoms with Gasteiger partial charge in [0.25, 0.3) is 0 Å². The highest BCUT2D eigenvalue weighted by atomic mass is 127. The van der Waals surface area contributed by atoms with Crippen LogP contribution in [0.15, 0.2) is 23.6 Å². The molecule has 1 heterocycles. The summed E-state index contributed by atoms with van der Waals surface area (Å²) in [6, 6.07) is 5.69. The number of rotatable bonds is 3. The molecule has 0 saturated carbocycles. The first-order valence-electron chi connectivity index (χ1n) is 5.47. The van der Waals surface area contributed by atoms with Gasteiger partial charge in [-0.25, -0.2) is 0 Å². The van der Waals surface area contributed by atoms with Gasteiger partial charge >= 0.3 is 0 Å². The van der Waals surface area contributed by atoms with Crippen molar-refractivity contribution in [3.63, 3.8) is 0 Å². The van der Waals surface area contributed by atoms with Crippen molar-refractivity contribution in [3.05, 3.63) is 48.7 Å². The number of ether oxygens (including phenoxy) is 1. The number of thiophene rings is 1. The second-order valence-corrected chi connectivity index (χ2v) is 6.92. The van der Waals surface area contributed by atoms with E-state index in [9.17, 15) is 4.79 Å². The monoisotopic (exact) mass is 372 g/mol. The molecule has 0 N–H and O–H groups in total. The molecule has 0 aliphatic carbocycles. The average molecular weight is 372 g/mol. The van der Waals surface area contributed by atoms with E-state index >= 15 is 0 Å². The first-order valence-corrected chi connectivity index (χ1v) is 7.42. The Balaban J connectivity index is 2.43. The van der Waals surface area contributed by atoms with Gasteiger partial charge in [0, 0.05) is 16.5 Å². The van der Waals surface area contributed by atoms with Crippen LogP contribution in [0.1, 0.15) is 27.0 Å². The molecule has 1 aromatic carbocycles. The lowest BCUT2D eigenvalue weighted by atomic mass is 10.00. The van der Waals surface area contributed by atoms with Gasteiger partial charge in [-0.05, 0) is 65.8 Å². The van der Waals surface area contributed by atoms with Gasteiger partial charge in [-0.2, -0.15) is 0 Å². The third kappa shape index (κ3) is 2.59. The zero-order chi connectivity index (χ0) is 13.3. The number of carbonyl (C=O) groups excluding carboxylic acids is 1. The summed E-state index contributed by atoms with van der Waals surface area (Å²) < 4.78 is 6.43. The van der Waals surface area contributed by atoms with Crippen LogP contribution in [0.5, 0.6) is 5.75 Å². The number of carbonyl (C=O) groups is 1. The van der Waals surface area contributed by atoms with Crippen molar-refractivity contribution in [2.75, 3.05) is 7.11 Å². The highest BCUT2D eigenvalue weighted by Crippen LogP contribution is 2.26. The van der Waals surface area contributed by atoms with E-state index in [1.165, 1.54) is 0 Å². The van der Waals surface area contributed by atoms with E-state index < -0.39 is 0 Å². The van der Waals surface area contributed by atoms with Gasteiger partial charge in [-0.1, -0.05) is 0 Å². The molecule has 0 aliphatic rings. The van der Waals surface area contributed by atoms with Crippen LogP contribution in [-0.4, -0.2) is 12.9 Å². The Morgan fingerprint density at radius 2 is 1.78 bits per heavy atom. The molecule has 0 spiro atoms. The largest absolute Gasteiger partial charge is 0.496 e.